The predicted octanol–water partition coefficient (Wildman–Crippen LogP) is 7.54. The van der Waals surface area contributed by atoms with Gasteiger partial charge in [0, 0.05) is 27.9 Å². The monoisotopic (exact) mass is 411 g/mol. The highest BCUT2D eigenvalue weighted by atomic mass is 35.5. The molecule has 0 aliphatic heterocycles. The molecule has 1 amide bonds. The van der Waals surface area contributed by atoms with Gasteiger partial charge in [0.25, 0.3) is 5.91 Å². The lowest BCUT2D eigenvalue weighted by Crippen LogP contribution is -2.24. The number of furan rings is 1. The van der Waals surface area contributed by atoms with E-state index in [4.69, 9.17) is 16.0 Å². The fraction of sp³-hybridized carbons (Fsp3) is 0.400. The van der Waals surface area contributed by atoms with Gasteiger partial charge in [-0.05, 0) is 43.7 Å². The van der Waals surface area contributed by atoms with E-state index in [1.165, 1.54) is 32.1 Å². The summed E-state index contributed by atoms with van der Waals surface area (Å²) >= 11 is 6.02. The van der Waals surface area contributed by atoms with E-state index < -0.39 is 0 Å². The van der Waals surface area contributed by atoms with Crippen molar-refractivity contribution >= 4 is 28.3 Å². The minimum atomic E-state index is -0.148. The number of carbonyl (C=O) groups excluding carboxylic acids is 1. The number of hydrogen-bond donors (Lipinski definition) is 1. The first-order valence-electron chi connectivity index (χ1n) is 10.7. The minimum Gasteiger partial charge on any atom is -0.450 e. The number of halogens is 1. The summed E-state index contributed by atoms with van der Waals surface area (Å²) in [5, 5.41) is 5.50. The van der Waals surface area contributed by atoms with Crippen LogP contribution in [0.5, 0.6) is 0 Å². The first-order valence-corrected chi connectivity index (χ1v) is 11.0. The Balaban J connectivity index is 1.69. The lowest BCUT2D eigenvalue weighted by Gasteiger charge is -2.04. The first kappa shape index (κ1) is 21.4. The Kier molecular flexibility index (Phi) is 7.76. The summed E-state index contributed by atoms with van der Waals surface area (Å²) in [6.45, 7) is 4.95. The molecule has 3 rings (SSSR count). The third-order valence-electron chi connectivity index (χ3n) is 5.25. The number of hydrogen-bond acceptors (Lipinski definition) is 2. The van der Waals surface area contributed by atoms with E-state index in [9.17, 15) is 4.79 Å². The van der Waals surface area contributed by atoms with Crippen LogP contribution < -0.4 is 5.32 Å². The van der Waals surface area contributed by atoms with E-state index in [0.29, 0.717) is 23.1 Å². The number of unbranched alkanes of at least 4 members (excludes halogenated alkanes) is 6. The van der Waals surface area contributed by atoms with Crippen LogP contribution in [0.2, 0.25) is 5.02 Å². The molecule has 0 unspecified atom stereocenters. The van der Waals surface area contributed by atoms with Crippen LogP contribution >= 0.6 is 11.6 Å². The van der Waals surface area contributed by atoms with E-state index in [1.54, 1.807) is 0 Å². The molecule has 0 saturated heterocycles. The van der Waals surface area contributed by atoms with Crippen LogP contribution in [0.15, 0.2) is 46.9 Å². The van der Waals surface area contributed by atoms with Gasteiger partial charge in [-0.2, -0.15) is 0 Å². The number of nitrogens with one attached hydrogen (secondary N) is 1. The van der Waals surface area contributed by atoms with E-state index >= 15 is 0 Å². The molecule has 1 aromatic heterocycles. The van der Waals surface area contributed by atoms with Crippen LogP contribution in [-0.4, -0.2) is 12.5 Å². The van der Waals surface area contributed by atoms with Crippen molar-refractivity contribution in [2.75, 3.05) is 6.54 Å². The quantitative estimate of drug-likeness (QED) is 0.350. The Hall–Kier alpha value is -2.26. The summed E-state index contributed by atoms with van der Waals surface area (Å²) in [5.41, 5.74) is 2.04. The van der Waals surface area contributed by atoms with Gasteiger partial charge in [-0.25, -0.2) is 0 Å². The van der Waals surface area contributed by atoms with E-state index in [1.807, 2.05) is 43.3 Å². The zero-order chi connectivity index (χ0) is 20.6. The zero-order valence-corrected chi connectivity index (χ0v) is 18.1. The molecule has 1 heterocycles. The number of aryl methyl sites for hydroxylation is 1. The molecule has 4 heteroatoms. The van der Waals surface area contributed by atoms with Crippen LogP contribution in [0.1, 0.15) is 68.0 Å². The second kappa shape index (κ2) is 10.5. The first-order chi connectivity index (χ1) is 14.1. The molecule has 0 spiro atoms. The van der Waals surface area contributed by atoms with Crippen LogP contribution in [-0.2, 0) is 0 Å². The van der Waals surface area contributed by atoms with Gasteiger partial charge >= 0.3 is 0 Å². The van der Waals surface area contributed by atoms with Gasteiger partial charge in [-0.1, -0.05) is 74.7 Å². The molecule has 0 aliphatic rings. The molecule has 0 aliphatic carbocycles. The van der Waals surface area contributed by atoms with Gasteiger partial charge in [0.05, 0.1) is 0 Å². The number of rotatable bonds is 10. The van der Waals surface area contributed by atoms with Gasteiger partial charge in [0.15, 0.2) is 5.76 Å². The Morgan fingerprint density at radius 2 is 1.62 bits per heavy atom. The highest BCUT2D eigenvalue weighted by Crippen LogP contribution is 2.35. The second-order valence-corrected chi connectivity index (χ2v) is 8.13. The van der Waals surface area contributed by atoms with Crippen molar-refractivity contribution in [1.82, 2.24) is 5.32 Å². The fourth-order valence-corrected chi connectivity index (χ4v) is 3.73. The van der Waals surface area contributed by atoms with Crippen molar-refractivity contribution in [3.8, 4) is 11.3 Å². The standard InChI is InChI=1S/C25H30ClNO2/c1-3-4-5-6-7-8-9-16-27-25(28)24-21-15-10-18(2)17-22(21)23(29-24)19-11-13-20(26)14-12-19/h10-15,17H,3-9,16H2,1-2H3,(H,27,28). The van der Waals surface area contributed by atoms with Crippen molar-refractivity contribution in [2.24, 2.45) is 0 Å². The summed E-state index contributed by atoms with van der Waals surface area (Å²) in [5.74, 6) is 0.944. The molecule has 2 aromatic carbocycles. The average molecular weight is 412 g/mol. The Morgan fingerprint density at radius 3 is 2.34 bits per heavy atom. The van der Waals surface area contributed by atoms with E-state index in [2.05, 4.69) is 18.3 Å². The van der Waals surface area contributed by atoms with Crippen LogP contribution in [0.3, 0.4) is 0 Å². The Bertz CT molecular complexity index is 943. The topological polar surface area (TPSA) is 42.2 Å². The normalized spacial score (nSPS) is 11.1. The molecule has 3 nitrogen and oxygen atoms in total. The van der Waals surface area contributed by atoms with Gasteiger partial charge in [0.1, 0.15) is 5.76 Å². The Labute approximate surface area is 178 Å². The maximum atomic E-state index is 12.8. The number of benzene rings is 2. The van der Waals surface area contributed by atoms with Crippen molar-refractivity contribution in [2.45, 2.75) is 58.8 Å². The molecule has 29 heavy (non-hydrogen) atoms. The highest BCUT2D eigenvalue weighted by Gasteiger charge is 2.20. The summed E-state index contributed by atoms with van der Waals surface area (Å²) in [6.07, 6.45) is 8.57. The van der Waals surface area contributed by atoms with Crippen LogP contribution in [0, 0.1) is 6.92 Å². The third kappa shape index (κ3) is 5.63. The van der Waals surface area contributed by atoms with Crippen molar-refractivity contribution in [3.05, 3.63) is 58.8 Å². The molecular weight excluding hydrogens is 382 g/mol. The van der Waals surface area contributed by atoms with E-state index in [0.717, 1.165) is 34.7 Å². The van der Waals surface area contributed by atoms with Crippen molar-refractivity contribution in [3.63, 3.8) is 0 Å². The van der Waals surface area contributed by atoms with Gasteiger partial charge in [0.2, 0.25) is 0 Å². The third-order valence-corrected chi connectivity index (χ3v) is 5.50. The van der Waals surface area contributed by atoms with Crippen LogP contribution in [0.25, 0.3) is 22.1 Å². The molecule has 1 N–H and O–H groups in total. The van der Waals surface area contributed by atoms with Gasteiger partial charge < -0.3 is 9.73 Å². The highest BCUT2D eigenvalue weighted by molar-refractivity contribution is 6.30. The zero-order valence-electron chi connectivity index (χ0n) is 17.4. The SMILES string of the molecule is CCCCCCCCCNC(=O)c1oc(-c2ccc(Cl)cc2)c2cc(C)ccc12. The fourth-order valence-electron chi connectivity index (χ4n) is 3.60. The molecule has 3 aromatic rings. The van der Waals surface area contributed by atoms with Gasteiger partial charge in [-0.3, -0.25) is 4.79 Å². The molecule has 154 valence electrons. The molecule has 0 bridgehead atoms. The van der Waals surface area contributed by atoms with Crippen molar-refractivity contribution < 1.29 is 9.21 Å². The summed E-state index contributed by atoms with van der Waals surface area (Å²) in [4.78, 5) is 12.8. The van der Waals surface area contributed by atoms with Crippen LogP contribution in [0.4, 0.5) is 0 Å². The largest absolute Gasteiger partial charge is 0.450 e. The number of carbonyl (C=O) groups is 1. The molecule has 0 saturated carbocycles. The summed E-state index contributed by atoms with van der Waals surface area (Å²) in [7, 11) is 0. The van der Waals surface area contributed by atoms with E-state index in [-0.39, 0.29) is 5.91 Å². The number of fused-ring (bicyclic) bond motifs is 1. The minimum absolute atomic E-state index is 0.148. The summed E-state index contributed by atoms with van der Waals surface area (Å²) in [6, 6.07) is 13.6. The maximum absolute atomic E-state index is 12.8. The number of amides is 1. The second-order valence-electron chi connectivity index (χ2n) is 7.69. The molecule has 0 fully saturated rings. The molecule has 0 radical (unpaired) electrons. The van der Waals surface area contributed by atoms with Gasteiger partial charge in [-0.15, -0.1) is 0 Å². The summed E-state index contributed by atoms with van der Waals surface area (Å²) < 4.78 is 6.08. The average Bonchev–Trinajstić information content (AvgIpc) is 3.09. The lowest BCUT2D eigenvalue weighted by molar-refractivity contribution is 0.0928. The smallest absolute Gasteiger partial charge is 0.287 e. The molecule has 0 atom stereocenters. The van der Waals surface area contributed by atoms with Crippen molar-refractivity contribution in [1.29, 1.82) is 0 Å². The maximum Gasteiger partial charge on any atom is 0.287 e. The molecular formula is C25H30ClNO2. The predicted molar refractivity (Wildman–Crippen MR) is 122 cm³/mol. The lowest BCUT2D eigenvalue weighted by atomic mass is 10.0. The Morgan fingerprint density at radius 1 is 0.931 bits per heavy atom.